The lowest BCUT2D eigenvalue weighted by Crippen LogP contribution is -2.25. The average molecular weight is 358 g/mol. The molecule has 1 heterocycles. The normalized spacial score (nSPS) is 18.7. The van der Waals surface area contributed by atoms with Crippen molar-refractivity contribution in [1.82, 2.24) is 10.3 Å². The highest BCUT2D eigenvalue weighted by molar-refractivity contribution is 6.31. The number of hydrogen-bond acceptors (Lipinski definition) is 3. The van der Waals surface area contributed by atoms with Crippen molar-refractivity contribution in [3.8, 4) is 0 Å². The summed E-state index contributed by atoms with van der Waals surface area (Å²) in [5.74, 6) is 1.35. The molecular formula is C20H24ClN3O. The standard InChI is InChI=1S/C20H24ClN3O/c1-3-24(4-2)19-10-9-14(12-22-19)13-23-20(25)17-11-16(17)15-7-5-6-8-18(15)21/h5-10,12,16-17H,3-4,11,13H2,1-2H3,(H,23,25). The first-order valence-corrected chi connectivity index (χ1v) is 9.23. The number of halogens is 1. The number of nitrogens with one attached hydrogen (secondary N) is 1. The largest absolute Gasteiger partial charge is 0.357 e. The molecule has 1 aliphatic rings. The molecule has 25 heavy (non-hydrogen) atoms. The minimum atomic E-state index is 0.0304. The molecule has 132 valence electrons. The molecule has 1 saturated carbocycles. The van der Waals surface area contributed by atoms with Crippen LogP contribution in [-0.4, -0.2) is 24.0 Å². The fourth-order valence-corrected chi connectivity index (χ4v) is 3.46. The summed E-state index contributed by atoms with van der Waals surface area (Å²) in [7, 11) is 0. The maximum absolute atomic E-state index is 12.4. The Labute approximate surface area is 154 Å². The highest BCUT2D eigenvalue weighted by atomic mass is 35.5. The number of amides is 1. The SMILES string of the molecule is CCN(CC)c1ccc(CNC(=O)C2CC2c2ccccc2Cl)cn1. The summed E-state index contributed by atoms with van der Waals surface area (Å²) in [6.45, 7) is 6.61. The van der Waals surface area contributed by atoms with E-state index in [2.05, 4.69) is 29.0 Å². The number of benzene rings is 1. The Morgan fingerprint density at radius 2 is 2.00 bits per heavy atom. The zero-order valence-electron chi connectivity index (χ0n) is 14.7. The molecule has 0 aliphatic heterocycles. The Morgan fingerprint density at radius 1 is 1.24 bits per heavy atom. The molecule has 1 N–H and O–H groups in total. The molecule has 3 rings (SSSR count). The van der Waals surface area contributed by atoms with Gasteiger partial charge < -0.3 is 10.2 Å². The van der Waals surface area contributed by atoms with E-state index in [9.17, 15) is 4.79 Å². The van der Waals surface area contributed by atoms with Crippen molar-refractivity contribution in [3.63, 3.8) is 0 Å². The van der Waals surface area contributed by atoms with Crippen LogP contribution in [0.2, 0.25) is 5.02 Å². The van der Waals surface area contributed by atoms with E-state index in [1.54, 1.807) is 0 Å². The van der Waals surface area contributed by atoms with Gasteiger partial charge in [0.05, 0.1) is 0 Å². The second-order valence-corrected chi connectivity index (χ2v) is 6.79. The molecule has 1 aliphatic carbocycles. The molecule has 1 aromatic heterocycles. The number of pyridine rings is 1. The molecule has 1 aromatic carbocycles. The third-order valence-corrected chi connectivity index (χ3v) is 5.14. The Kier molecular flexibility index (Phi) is 5.59. The zero-order valence-corrected chi connectivity index (χ0v) is 15.5. The van der Waals surface area contributed by atoms with Gasteiger partial charge >= 0.3 is 0 Å². The van der Waals surface area contributed by atoms with Crippen molar-refractivity contribution in [2.24, 2.45) is 5.92 Å². The summed E-state index contributed by atoms with van der Waals surface area (Å²) in [4.78, 5) is 19.0. The van der Waals surface area contributed by atoms with E-state index in [-0.39, 0.29) is 17.7 Å². The molecule has 0 saturated heterocycles. The van der Waals surface area contributed by atoms with E-state index in [1.165, 1.54) is 0 Å². The predicted molar refractivity (Wildman–Crippen MR) is 102 cm³/mol. The van der Waals surface area contributed by atoms with E-state index in [0.29, 0.717) is 6.54 Å². The van der Waals surface area contributed by atoms with Crippen LogP contribution in [0.5, 0.6) is 0 Å². The first-order valence-electron chi connectivity index (χ1n) is 8.86. The van der Waals surface area contributed by atoms with Gasteiger partial charge in [0.25, 0.3) is 0 Å². The van der Waals surface area contributed by atoms with Crippen molar-refractivity contribution in [3.05, 3.63) is 58.7 Å². The first-order chi connectivity index (χ1) is 12.1. The zero-order chi connectivity index (χ0) is 17.8. The fraction of sp³-hybridized carbons (Fsp3) is 0.400. The van der Waals surface area contributed by atoms with Gasteiger partial charge in [-0.1, -0.05) is 35.9 Å². The van der Waals surface area contributed by atoms with Crippen molar-refractivity contribution in [2.45, 2.75) is 32.7 Å². The van der Waals surface area contributed by atoms with Gasteiger partial charge in [0.1, 0.15) is 5.82 Å². The molecule has 2 atom stereocenters. The van der Waals surface area contributed by atoms with Crippen molar-refractivity contribution >= 4 is 23.3 Å². The number of hydrogen-bond donors (Lipinski definition) is 1. The van der Waals surface area contributed by atoms with Crippen LogP contribution in [-0.2, 0) is 11.3 Å². The molecule has 0 spiro atoms. The quantitative estimate of drug-likeness (QED) is 0.814. The van der Waals surface area contributed by atoms with Crippen LogP contribution < -0.4 is 10.2 Å². The van der Waals surface area contributed by atoms with Crippen molar-refractivity contribution < 1.29 is 4.79 Å². The minimum absolute atomic E-state index is 0.0304. The lowest BCUT2D eigenvalue weighted by molar-refractivity contribution is -0.122. The highest BCUT2D eigenvalue weighted by Gasteiger charge is 2.44. The van der Waals surface area contributed by atoms with Crippen molar-refractivity contribution in [1.29, 1.82) is 0 Å². The maximum atomic E-state index is 12.4. The summed E-state index contributed by atoms with van der Waals surface area (Å²) in [6, 6.07) is 11.8. The van der Waals surface area contributed by atoms with Crippen LogP contribution in [0.25, 0.3) is 0 Å². The topological polar surface area (TPSA) is 45.2 Å². The smallest absolute Gasteiger partial charge is 0.224 e. The Hall–Kier alpha value is -2.07. The number of anilines is 1. The third kappa shape index (κ3) is 4.13. The summed E-state index contributed by atoms with van der Waals surface area (Å²) in [5.41, 5.74) is 2.09. The molecule has 1 amide bonds. The molecule has 2 aromatic rings. The van der Waals surface area contributed by atoms with Gasteiger partial charge in [-0.3, -0.25) is 4.79 Å². The Morgan fingerprint density at radius 3 is 2.64 bits per heavy atom. The number of aromatic nitrogens is 1. The second-order valence-electron chi connectivity index (χ2n) is 6.38. The van der Waals surface area contributed by atoms with E-state index in [4.69, 9.17) is 11.6 Å². The van der Waals surface area contributed by atoms with Gasteiger partial charge in [0.15, 0.2) is 0 Å². The predicted octanol–water partition coefficient (Wildman–Crippen LogP) is 4.00. The number of carbonyl (C=O) groups excluding carboxylic acids is 1. The van der Waals surface area contributed by atoms with E-state index < -0.39 is 0 Å². The molecule has 1 fully saturated rings. The number of nitrogens with zero attached hydrogens (tertiary/aromatic N) is 2. The molecular weight excluding hydrogens is 334 g/mol. The van der Waals surface area contributed by atoms with Gasteiger partial charge in [-0.25, -0.2) is 4.98 Å². The van der Waals surface area contributed by atoms with Crippen LogP contribution in [0.1, 0.15) is 37.3 Å². The second kappa shape index (κ2) is 7.87. The Bertz CT molecular complexity index is 728. The molecule has 5 heteroatoms. The summed E-state index contributed by atoms with van der Waals surface area (Å²) in [5, 5.41) is 3.77. The molecule has 4 nitrogen and oxygen atoms in total. The fourth-order valence-electron chi connectivity index (χ4n) is 3.18. The molecule has 0 radical (unpaired) electrons. The van der Waals surface area contributed by atoms with Gasteiger partial charge in [-0.15, -0.1) is 0 Å². The molecule has 2 unspecified atom stereocenters. The van der Waals surface area contributed by atoms with E-state index in [0.717, 1.165) is 41.5 Å². The van der Waals surface area contributed by atoms with E-state index >= 15 is 0 Å². The summed E-state index contributed by atoms with van der Waals surface area (Å²) >= 11 is 6.22. The van der Waals surface area contributed by atoms with Crippen LogP contribution in [0, 0.1) is 5.92 Å². The minimum Gasteiger partial charge on any atom is -0.357 e. The van der Waals surface area contributed by atoms with Crippen molar-refractivity contribution in [2.75, 3.05) is 18.0 Å². The van der Waals surface area contributed by atoms with Gasteiger partial charge in [-0.05, 0) is 49.4 Å². The highest BCUT2D eigenvalue weighted by Crippen LogP contribution is 2.49. The Balaban J connectivity index is 1.53. The van der Waals surface area contributed by atoms with Gasteiger partial charge in [0.2, 0.25) is 5.91 Å². The lowest BCUT2D eigenvalue weighted by Gasteiger charge is -2.19. The van der Waals surface area contributed by atoms with Gasteiger partial charge in [0, 0.05) is 36.8 Å². The van der Waals surface area contributed by atoms with Crippen LogP contribution in [0.4, 0.5) is 5.82 Å². The van der Waals surface area contributed by atoms with Gasteiger partial charge in [-0.2, -0.15) is 0 Å². The van der Waals surface area contributed by atoms with Crippen LogP contribution >= 0.6 is 11.6 Å². The first kappa shape index (κ1) is 17.7. The maximum Gasteiger partial charge on any atom is 0.224 e. The number of rotatable bonds is 7. The average Bonchev–Trinajstić information content (AvgIpc) is 3.43. The summed E-state index contributed by atoms with van der Waals surface area (Å²) in [6.07, 6.45) is 2.71. The molecule has 0 bridgehead atoms. The third-order valence-electron chi connectivity index (χ3n) is 4.80. The van der Waals surface area contributed by atoms with Crippen LogP contribution in [0.15, 0.2) is 42.6 Å². The lowest BCUT2D eigenvalue weighted by atomic mass is 10.1. The summed E-state index contributed by atoms with van der Waals surface area (Å²) < 4.78 is 0. The van der Waals surface area contributed by atoms with Crippen LogP contribution in [0.3, 0.4) is 0 Å². The van der Waals surface area contributed by atoms with E-state index in [1.807, 2.05) is 42.6 Å². The monoisotopic (exact) mass is 357 g/mol. The number of carbonyl (C=O) groups is 1.